The largest absolute Gasteiger partial charge is 0.478 e. The molecule has 0 unspecified atom stereocenters. The number of carboxylic acids is 1. The average Bonchev–Trinajstić information content (AvgIpc) is 3.17. The molecule has 1 amide bonds. The first-order chi connectivity index (χ1) is 12.3. The molecule has 0 aliphatic carbocycles. The van der Waals surface area contributed by atoms with Gasteiger partial charge in [0.05, 0.1) is 6.54 Å². The Morgan fingerprint density at radius 1 is 1.31 bits per heavy atom. The van der Waals surface area contributed by atoms with Gasteiger partial charge in [-0.25, -0.2) is 9.18 Å². The standard InChI is InChI=1S/C16H13ClFN5O3/c1-22-7-10(16(25)26)14(21-22)15(24)19-13-5-6-23(20-13)8-9-11(17)3-2-4-12(9)18/h2-7H,8H2,1H3,(H,25,26)(H,19,20,24). The van der Waals surface area contributed by atoms with Crippen molar-refractivity contribution in [3.63, 3.8) is 0 Å². The van der Waals surface area contributed by atoms with E-state index < -0.39 is 17.7 Å². The van der Waals surface area contributed by atoms with Gasteiger partial charge >= 0.3 is 5.97 Å². The van der Waals surface area contributed by atoms with Crippen molar-refractivity contribution in [2.24, 2.45) is 7.05 Å². The highest BCUT2D eigenvalue weighted by atomic mass is 35.5. The van der Waals surface area contributed by atoms with Crippen molar-refractivity contribution in [3.05, 3.63) is 64.3 Å². The number of rotatable bonds is 5. The van der Waals surface area contributed by atoms with E-state index in [0.717, 1.165) is 0 Å². The molecular formula is C16H13ClFN5O3. The Balaban J connectivity index is 1.77. The number of hydrogen-bond donors (Lipinski definition) is 2. The van der Waals surface area contributed by atoms with Crippen molar-refractivity contribution < 1.29 is 19.1 Å². The summed E-state index contributed by atoms with van der Waals surface area (Å²) in [5.41, 5.74) is -0.178. The lowest BCUT2D eigenvalue weighted by Gasteiger charge is -2.06. The number of anilines is 1. The molecular weight excluding hydrogens is 365 g/mol. The molecule has 2 aromatic heterocycles. The Morgan fingerprint density at radius 3 is 2.77 bits per heavy atom. The SMILES string of the molecule is Cn1cc(C(=O)O)c(C(=O)Nc2ccn(Cc3c(F)cccc3Cl)n2)n1. The summed E-state index contributed by atoms with van der Waals surface area (Å²) >= 11 is 5.98. The van der Waals surface area contributed by atoms with Crippen LogP contribution in [-0.4, -0.2) is 36.5 Å². The zero-order valence-electron chi connectivity index (χ0n) is 13.5. The van der Waals surface area contributed by atoms with Gasteiger partial charge in [-0.05, 0) is 12.1 Å². The van der Waals surface area contributed by atoms with Crippen molar-refractivity contribution in [3.8, 4) is 0 Å². The number of aromatic carboxylic acids is 1. The lowest BCUT2D eigenvalue weighted by molar-refractivity contribution is 0.0692. The number of amides is 1. The maximum absolute atomic E-state index is 13.8. The summed E-state index contributed by atoms with van der Waals surface area (Å²) in [6.07, 6.45) is 2.77. The zero-order valence-corrected chi connectivity index (χ0v) is 14.2. The highest BCUT2D eigenvalue weighted by Crippen LogP contribution is 2.20. The Hall–Kier alpha value is -3.20. The molecule has 0 atom stereocenters. The van der Waals surface area contributed by atoms with E-state index in [4.69, 9.17) is 16.7 Å². The molecule has 0 radical (unpaired) electrons. The monoisotopic (exact) mass is 377 g/mol. The number of hydrogen-bond acceptors (Lipinski definition) is 4. The van der Waals surface area contributed by atoms with Gasteiger partial charge in [0.25, 0.3) is 5.91 Å². The maximum atomic E-state index is 13.8. The molecule has 8 nitrogen and oxygen atoms in total. The summed E-state index contributed by atoms with van der Waals surface area (Å²) in [6.45, 7) is 0.0747. The topological polar surface area (TPSA) is 102 Å². The van der Waals surface area contributed by atoms with Gasteiger partial charge in [0.2, 0.25) is 0 Å². The Kier molecular flexibility index (Phi) is 4.72. The van der Waals surface area contributed by atoms with Crippen LogP contribution >= 0.6 is 11.6 Å². The molecule has 0 spiro atoms. The van der Waals surface area contributed by atoms with E-state index in [2.05, 4.69) is 15.5 Å². The molecule has 0 fully saturated rings. The molecule has 2 heterocycles. The number of aryl methyl sites for hydroxylation is 1. The number of benzene rings is 1. The predicted octanol–water partition coefficient (Wildman–Crippen LogP) is 2.41. The molecule has 0 saturated heterocycles. The van der Waals surface area contributed by atoms with Gasteiger partial charge < -0.3 is 10.4 Å². The van der Waals surface area contributed by atoms with E-state index in [1.165, 1.54) is 47.0 Å². The molecule has 0 bridgehead atoms. The third-order valence-corrected chi connectivity index (χ3v) is 3.89. The van der Waals surface area contributed by atoms with Crippen molar-refractivity contribution in [2.45, 2.75) is 6.54 Å². The molecule has 10 heteroatoms. The minimum atomic E-state index is -1.26. The number of halogens is 2. The summed E-state index contributed by atoms with van der Waals surface area (Å²) in [5.74, 6) is -2.26. The fourth-order valence-electron chi connectivity index (χ4n) is 2.35. The minimum Gasteiger partial charge on any atom is -0.478 e. The van der Waals surface area contributed by atoms with E-state index in [1.54, 1.807) is 6.07 Å². The molecule has 3 rings (SSSR count). The van der Waals surface area contributed by atoms with Crippen LogP contribution in [0.4, 0.5) is 10.2 Å². The van der Waals surface area contributed by atoms with Crippen LogP contribution in [-0.2, 0) is 13.6 Å². The van der Waals surface area contributed by atoms with Crippen molar-refractivity contribution in [1.82, 2.24) is 19.6 Å². The first-order valence-corrected chi connectivity index (χ1v) is 7.77. The quantitative estimate of drug-likeness (QED) is 0.710. The average molecular weight is 378 g/mol. The second-order valence-electron chi connectivity index (χ2n) is 5.42. The van der Waals surface area contributed by atoms with Gasteiger partial charge in [0.1, 0.15) is 11.4 Å². The van der Waals surface area contributed by atoms with Crippen molar-refractivity contribution in [1.29, 1.82) is 0 Å². The summed E-state index contributed by atoms with van der Waals surface area (Å²) in [4.78, 5) is 23.4. The zero-order chi connectivity index (χ0) is 18.8. The van der Waals surface area contributed by atoms with Gasteiger partial charge in [0.15, 0.2) is 11.5 Å². The highest BCUT2D eigenvalue weighted by Gasteiger charge is 2.21. The van der Waals surface area contributed by atoms with Crippen LogP contribution in [0.5, 0.6) is 0 Å². The van der Waals surface area contributed by atoms with E-state index in [9.17, 15) is 14.0 Å². The molecule has 0 aliphatic heterocycles. The summed E-state index contributed by atoms with van der Waals surface area (Å²) in [6, 6.07) is 5.86. The number of carbonyl (C=O) groups is 2. The molecule has 0 saturated carbocycles. The molecule has 3 aromatic rings. The fourth-order valence-corrected chi connectivity index (χ4v) is 2.57. The molecule has 0 aliphatic rings. The number of nitrogens with one attached hydrogen (secondary N) is 1. The first-order valence-electron chi connectivity index (χ1n) is 7.40. The van der Waals surface area contributed by atoms with Gasteiger partial charge in [-0.1, -0.05) is 17.7 Å². The Labute approximate surface area is 151 Å². The van der Waals surface area contributed by atoms with Gasteiger partial charge in [0, 0.05) is 36.1 Å². The Morgan fingerprint density at radius 2 is 2.08 bits per heavy atom. The second kappa shape index (κ2) is 6.96. The van der Waals surface area contributed by atoms with Gasteiger partial charge in [-0.2, -0.15) is 10.2 Å². The number of carboxylic acid groups (broad SMARTS) is 1. The van der Waals surface area contributed by atoms with E-state index in [-0.39, 0.29) is 34.2 Å². The van der Waals surface area contributed by atoms with Crippen molar-refractivity contribution >= 4 is 29.3 Å². The maximum Gasteiger partial charge on any atom is 0.339 e. The van der Waals surface area contributed by atoms with E-state index in [0.29, 0.717) is 0 Å². The number of carbonyl (C=O) groups excluding carboxylic acids is 1. The van der Waals surface area contributed by atoms with Gasteiger partial charge in [-0.15, -0.1) is 0 Å². The van der Waals surface area contributed by atoms with Crippen LogP contribution in [0.1, 0.15) is 26.4 Å². The Bertz CT molecular complexity index is 977. The van der Waals surface area contributed by atoms with Crippen LogP contribution in [0.15, 0.2) is 36.7 Å². The summed E-state index contributed by atoms with van der Waals surface area (Å²) < 4.78 is 16.5. The fraction of sp³-hybridized carbons (Fsp3) is 0.125. The van der Waals surface area contributed by atoms with Crippen molar-refractivity contribution in [2.75, 3.05) is 5.32 Å². The molecule has 134 valence electrons. The summed E-state index contributed by atoms with van der Waals surface area (Å²) in [5, 5.41) is 19.8. The summed E-state index contributed by atoms with van der Waals surface area (Å²) in [7, 11) is 1.51. The number of aromatic nitrogens is 4. The number of nitrogens with zero attached hydrogens (tertiary/aromatic N) is 4. The van der Waals surface area contributed by atoms with Crippen LogP contribution < -0.4 is 5.32 Å². The smallest absolute Gasteiger partial charge is 0.339 e. The first kappa shape index (κ1) is 17.6. The highest BCUT2D eigenvalue weighted by molar-refractivity contribution is 6.31. The molecule has 26 heavy (non-hydrogen) atoms. The third kappa shape index (κ3) is 3.57. The normalized spacial score (nSPS) is 10.7. The van der Waals surface area contributed by atoms with Crippen LogP contribution in [0.3, 0.4) is 0 Å². The predicted molar refractivity (Wildman–Crippen MR) is 90.9 cm³/mol. The van der Waals surface area contributed by atoms with Crippen LogP contribution in [0.25, 0.3) is 0 Å². The third-order valence-electron chi connectivity index (χ3n) is 3.54. The van der Waals surface area contributed by atoms with E-state index >= 15 is 0 Å². The molecule has 2 N–H and O–H groups in total. The lowest BCUT2D eigenvalue weighted by atomic mass is 10.2. The lowest BCUT2D eigenvalue weighted by Crippen LogP contribution is -2.17. The minimum absolute atomic E-state index is 0.0747. The second-order valence-corrected chi connectivity index (χ2v) is 5.83. The van der Waals surface area contributed by atoms with Crippen LogP contribution in [0.2, 0.25) is 5.02 Å². The van der Waals surface area contributed by atoms with E-state index in [1.807, 2.05) is 0 Å². The molecule has 1 aromatic carbocycles. The van der Waals surface area contributed by atoms with Crippen LogP contribution in [0, 0.1) is 5.82 Å². The van der Waals surface area contributed by atoms with Gasteiger partial charge in [-0.3, -0.25) is 14.2 Å².